The molecule has 90 valence electrons. The molecule has 1 aliphatic heterocycles. The van der Waals surface area contributed by atoms with Gasteiger partial charge in [0, 0.05) is 31.3 Å². The molecule has 0 aromatic carbocycles. The molecule has 0 radical (unpaired) electrons. The van der Waals surface area contributed by atoms with Gasteiger partial charge in [0.25, 0.3) is 0 Å². The highest BCUT2D eigenvalue weighted by molar-refractivity contribution is 4.91. The number of nitrogens with zero attached hydrogens (tertiary/aromatic N) is 1. The minimum Gasteiger partial charge on any atom is -0.381 e. The Hall–Kier alpha value is -0.120. The number of likely N-dealkylation sites (N-methyl/N-ethyl adjacent to an activating group) is 1. The van der Waals surface area contributed by atoms with E-state index in [1.165, 1.54) is 0 Å². The van der Waals surface area contributed by atoms with E-state index in [4.69, 9.17) is 10.5 Å². The van der Waals surface area contributed by atoms with Crippen LogP contribution in [0.25, 0.3) is 0 Å². The van der Waals surface area contributed by atoms with E-state index in [0.29, 0.717) is 6.04 Å². The molecule has 1 aliphatic rings. The van der Waals surface area contributed by atoms with E-state index in [1.54, 1.807) is 0 Å². The fourth-order valence-corrected chi connectivity index (χ4v) is 2.64. The minimum absolute atomic E-state index is 0.196. The molecule has 1 fully saturated rings. The number of hydrogen-bond acceptors (Lipinski definition) is 3. The van der Waals surface area contributed by atoms with Crippen molar-refractivity contribution in [3.05, 3.63) is 0 Å². The van der Waals surface area contributed by atoms with Gasteiger partial charge >= 0.3 is 0 Å². The smallest absolute Gasteiger partial charge is 0.0480 e. The van der Waals surface area contributed by atoms with Crippen molar-refractivity contribution in [1.82, 2.24) is 4.90 Å². The summed E-state index contributed by atoms with van der Waals surface area (Å²) < 4.78 is 5.41. The third kappa shape index (κ3) is 2.71. The van der Waals surface area contributed by atoms with Crippen LogP contribution in [-0.2, 0) is 4.74 Å². The van der Waals surface area contributed by atoms with Gasteiger partial charge in [-0.25, -0.2) is 0 Å². The van der Waals surface area contributed by atoms with Gasteiger partial charge in [-0.15, -0.1) is 0 Å². The molecule has 1 heterocycles. The first-order valence-electron chi connectivity index (χ1n) is 6.21. The molecule has 0 aromatic rings. The summed E-state index contributed by atoms with van der Waals surface area (Å²) in [5.41, 5.74) is 6.16. The second-order valence-corrected chi connectivity index (χ2v) is 4.59. The summed E-state index contributed by atoms with van der Waals surface area (Å²) in [5, 5.41) is 0. The Morgan fingerprint density at radius 2 is 1.80 bits per heavy atom. The van der Waals surface area contributed by atoms with E-state index in [-0.39, 0.29) is 5.54 Å². The van der Waals surface area contributed by atoms with Crippen LogP contribution in [0.5, 0.6) is 0 Å². The lowest BCUT2D eigenvalue weighted by atomic mass is 9.88. The maximum Gasteiger partial charge on any atom is 0.0480 e. The van der Waals surface area contributed by atoms with Crippen molar-refractivity contribution in [2.75, 3.05) is 26.8 Å². The Balaban J connectivity index is 2.65. The van der Waals surface area contributed by atoms with Crippen LogP contribution in [0.2, 0.25) is 0 Å². The van der Waals surface area contributed by atoms with Crippen molar-refractivity contribution < 1.29 is 4.74 Å². The Morgan fingerprint density at radius 1 is 1.27 bits per heavy atom. The van der Waals surface area contributed by atoms with E-state index in [2.05, 4.69) is 25.8 Å². The second-order valence-electron chi connectivity index (χ2n) is 4.59. The fourth-order valence-electron chi connectivity index (χ4n) is 2.64. The average molecular weight is 214 g/mol. The number of hydrogen-bond donors (Lipinski definition) is 1. The van der Waals surface area contributed by atoms with Crippen LogP contribution < -0.4 is 5.73 Å². The molecule has 3 nitrogen and oxygen atoms in total. The highest BCUT2D eigenvalue weighted by Crippen LogP contribution is 2.27. The van der Waals surface area contributed by atoms with Crippen molar-refractivity contribution in [2.45, 2.75) is 51.1 Å². The van der Waals surface area contributed by atoms with Crippen molar-refractivity contribution in [2.24, 2.45) is 5.73 Å². The predicted molar refractivity (Wildman–Crippen MR) is 64.0 cm³/mol. The zero-order valence-corrected chi connectivity index (χ0v) is 10.5. The summed E-state index contributed by atoms with van der Waals surface area (Å²) in [6, 6.07) is 0.655. The highest BCUT2D eigenvalue weighted by atomic mass is 16.5. The third-order valence-electron chi connectivity index (χ3n) is 4.18. The van der Waals surface area contributed by atoms with Gasteiger partial charge in [-0.2, -0.15) is 0 Å². The van der Waals surface area contributed by atoms with Gasteiger partial charge in [-0.1, -0.05) is 13.8 Å². The van der Waals surface area contributed by atoms with Crippen molar-refractivity contribution >= 4 is 0 Å². The lowest BCUT2D eigenvalue weighted by molar-refractivity contribution is -0.00508. The van der Waals surface area contributed by atoms with Gasteiger partial charge in [-0.05, 0) is 32.7 Å². The van der Waals surface area contributed by atoms with Crippen molar-refractivity contribution in [1.29, 1.82) is 0 Å². The van der Waals surface area contributed by atoms with E-state index < -0.39 is 0 Å². The Bertz CT molecular complexity index is 166. The van der Waals surface area contributed by atoms with Gasteiger partial charge in [0.1, 0.15) is 0 Å². The van der Waals surface area contributed by atoms with Crippen LogP contribution >= 0.6 is 0 Å². The summed E-state index contributed by atoms with van der Waals surface area (Å²) in [5.74, 6) is 0. The molecule has 0 aromatic heterocycles. The molecular formula is C12H26N2O. The molecule has 0 atom stereocenters. The molecule has 15 heavy (non-hydrogen) atoms. The molecule has 0 unspecified atom stereocenters. The topological polar surface area (TPSA) is 38.5 Å². The minimum atomic E-state index is 0.196. The molecule has 1 rings (SSSR count). The standard InChI is InChI=1S/C12H26N2O/c1-4-12(5-2,10-13)14(3)11-6-8-15-9-7-11/h11H,4-10,13H2,1-3H3. The molecule has 2 N–H and O–H groups in total. The molecule has 1 saturated heterocycles. The molecule has 0 saturated carbocycles. The average Bonchev–Trinajstić information content (AvgIpc) is 2.33. The van der Waals surface area contributed by atoms with Crippen LogP contribution in [0.1, 0.15) is 39.5 Å². The van der Waals surface area contributed by atoms with E-state index >= 15 is 0 Å². The lowest BCUT2D eigenvalue weighted by Gasteiger charge is -2.45. The van der Waals surface area contributed by atoms with E-state index in [1.807, 2.05) is 0 Å². The Kier molecular flexibility index (Phi) is 5.03. The normalized spacial score (nSPS) is 19.8. The van der Waals surface area contributed by atoms with E-state index in [9.17, 15) is 0 Å². The zero-order chi connectivity index (χ0) is 11.3. The monoisotopic (exact) mass is 214 g/mol. The number of rotatable bonds is 5. The first-order chi connectivity index (χ1) is 7.20. The summed E-state index contributed by atoms with van der Waals surface area (Å²) in [7, 11) is 2.23. The van der Waals surface area contributed by atoms with Crippen LogP contribution in [0.4, 0.5) is 0 Å². The van der Waals surface area contributed by atoms with Crippen LogP contribution in [0.15, 0.2) is 0 Å². The Labute approximate surface area is 94.0 Å². The molecule has 0 spiro atoms. The Morgan fingerprint density at radius 3 is 2.20 bits per heavy atom. The molecule has 0 amide bonds. The second kappa shape index (κ2) is 5.83. The van der Waals surface area contributed by atoms with Gasteiger partial charge < -0.3 is 10.5 Å². The van der Waals surface area contributed by atoms with Crippen molar-refractivity contribution in [3.8, 4) is 0 Å². The third-order valence-corrected chi connectivity index (χ3v) is 4.18. The van der Waals surface area contributed by atoms with Gasteiger partial charge in [-0.3, -0.25) is 4.90 Å². The summed E-state index contributed by atoms with van der Waals surface area (Å²) in [6.07, 6.45) is 4.57. The van der Waals surface area contributed by atoms with E-state index in [0.717, 1.165) is 45.4 Å². The SMILES string of the molecule is CCC(CC)(CN)N(C)C1CCOCC1. The highest BCUT2D eigenvalue weighted by Gasteiger charge is 2.34. The maximum absolute atomic E-state index is 5.96. The lowest BCUT2D eigenvalue weighted by Crippen LogP contribution is -2.56. The molecule has 0 bridgehead atoms. The number of ether oxygens (including phenoxy) is 1. The van der Waals surface area contributed by atoms with Crippen LogP contribution in [0.3, 0.4) is 0 Å². The first-order valence-corrected chi connectivity index (χ1v) is 6.21. The first kappa shape index (κ1) is 12.9. The zero-order valence-electron chi connectivity index (χ0n) is 10.5. The summed E-state index contributed by atoms with van der Waals surface area (Å²) in [4.78, 5) is 2.51. The quantitative estimate of drug-likeness (QED) is 0.755. The van der Waals surface area contributed by atoms with Gasteiger partial charge in [0.05, 0.1) is 0 Å². The largest absolute Gasteiger partial charge is 0.381 e. The molecule has 0 aliphatic carbocycles. The summed E-state index contributed by atoms with van der Waals surface area (Å²) in [6.45, 7) is 7.05. The van der Waals surface area contributed by atoms with Crippen molar-refractivity contribution in [3.63, 3.8) is 0 Å². The molecular weight excluding hydrogens is 188 g/mol. The van der Waals surface area contributed by atoms with Crippen LogP contribution in [-0.4, -0.2) is 43.3 Å². The summed E-state index contributed by atoms with van der Waals surface area (Å²) >= 11 is 0. The maximum atomic E-state index is 5.96. The number of nitrogens with two attached hydrogens (primary N) is 1. The fraction of sp³-hybridized carbons (Fsp3) is 1.00. The van der Waals surface area contributed by atoms with Gasteiger partial charge in [0.2, 0.25) is 0 Å². The molecule has 3 heteroatoms. The van der Waals surface area contributed by atoms with Gasteiger partial charge in [0.15, 0.2) is 0 Å². The van der Waals surface area contributed by atoms with Crippen LogP contribution in [0, 0.1) is 0 Å². The predicted octanol–water partition coefficient (Wildman–Crippen LogP) is 1.61.